The lowest BCUT2D eigenvalue weighted by Crippen LogP contribution is -2.44. The summed E-state index contributed by atoms with van der Waals surface area (Å²) in [4.78, 5) is 1.55. The Bertz CT molecular complexity index is 394. The maximum Gasteiger partial charge on any atom is 0.151 e. The number of anilines is 2. The van der Waals surface area contributed by atoms with Crippen LogP contribution in [-0.2, 0) is 0 Å². The van der Waals surface area contributed by atoms with Crippen molar-refractivity contribution in [1.82, 2.24) is 0 Å². The minimum absolute atomic E-state index is 0.120. The van der Waals surface area contributed by atoms with Crippen LogP contribution in [-0.4, -0.2) is 24.3 Å². The summed E-state index contributed by atoms with van der Waals surface area (Å²) in [5.41, 5.74) is 5.01. The van der Waals surface area contributed by atoms with Gasteiger partial charge in [0.1, 0.15) is 5.82 Å². The van der Waals surface area contributed by atoms with E-state index >= 15 is 0 Å². The van der Waals surface area contributed by atoms with E-state index in [0.29, 0.717) is 0 Å². The largest absolute Gasteiger partial charge is 0.395 e. The van der Waals surface area contributed by atoms with Gasteiger partial charge in [-0.1, -0.05) is 0 Å². The van der Waals surface area contributed by atoms with Gasteiger partial charge in [0, 0.05) is 13.1 Å². The molecule has 1 aromatic carbocycles. The molecule has 0 radical (unpaired) electrons. The molecule has 1 rings (SSSR count). The minimum atomic E-state index is -0.796. The maximum atomic E-state index is 13.2. The quantitative estimate of drug-likeness (QED) is 0.778. The summed E-state index contributed by atoms with van der Waals surface area (Å²) in [6.45, 7) is 3.34. The zero-order valence-corrected chi connectivity index (χ0v) is 9.59. The second-order valence-electron chi connectivity index (χ2n) is 4.35. The Balaban J connectivity index is 3.23. The summed E-state index contributed by atoms with van der Waals surface area (Å²) >= 11 is 0. The molecule has 0 spiro atoms. The van der Waals surface area contributed by atoms with Gasteiger partial charge in [-0.15, -0.1) is 0 Å². The molecule has 0 heterocycles. The van der Waals surface area contributed by atoms with Gasteiger partial charge in [-0.05, 0) is 19.9 Å². The number of halogens is 2. The summed E-state index contributed by atoms with van der Waals surface area (Å²) in [7, 11) is 1.63. The van der Waals surface area contributed by atoms with Crippen LogP contribution in [0.2, 0.25) is 0 Å². The van der Waals surface area contributed by atoms with Crippen LogP contribution in [0.5, 0.6) is 0 Å². The fraction of sp³-hybridized carbons (Fsp3) is 0.455. The lowest BCUT2D eigenvalue weighted by Gasteiger charge is -2.36. The van der Waals surface area contributed by atoms with E-state index in [-0.39, 0.29) is 18.0 Å². The van der Waals surface area contributed by atoms with Crippen molar-refractivity contribution in [3.8, 4) is 0 Å². The molecule has 0 amide bonds. The number of nitrogens with zero attached hydrogens (tertiary/aromatic N) is 1. The van der Waals surface area contributed by atoms with E-state index < -0.39 is 17.2 Å². The van der Waals surface area contributed by atoms with E-state index in [1.165, 1.54) is 0 Å². The molecule has 0 aliphatic rings. The molecule has 1 aromatic rings. The third kappa shape index (κ3) is 2.24. The van der Waals surface area contributed by atoms with Crippen LogP contribution in [0.15, 0.2) is 12.1 Å². The Kier molecular flexibility index (Phi) is 3.38. The second-order valence-corrected chi connectivity index (χ2v) is 4.35. The second kappa shape index (κ2) is 4.25. The van der Waals surface area contributed by atoms with Gasteiger partial charge in [0.15, 0.2) is 5.82 Å². The molecule has 0 fully saturated rings. The zero-order valence-electron chi connectivity index (χ0n) is 9.59. The lowest BCUT2D eigenvalue weighted by molar-refractivity contribution is 0.216. The smallest absolute Gasteiger partial charge is 0.151 e. The summed E-state index contributed by atoms with van der Waals surface area (Å²) in [5.74, 6) is -1.49. The Hall–Kier alpha value is -1.36. The van der Waals surface area contributed by atoms with Crippen molar-refractivity contribution < 1.29 is 13.9 Å². The van der Waals surface area contributed by atoms with Crippen LogP contribution in [0.3, 0.4) is 0 Å². The van der Waals surface area contributed by atoms with Gasteiger partial charge < -0.3 is 15.7 Å². The molecular formula is C11H16F2N2O. The predicted molar refractivity (Wildman–Crippen MR) is 60.3 cm³/mol. The van der Waals surface area contributed by atoms with Crippen molar-refractivity contribution in [2.24, 2.45) is 0 Å². The molecular weight excluding hydrogens is 214 g/mol. The van der Waals surface area contributed by atoms with Gasteiger partial charge in [-0.25, -0.2) is 8.78 Å². The molecule has 0 aliphatic carbocycles. The topological polar surface area (TPSA) is 49.5 Å². The Morgan fingerprint density at radius 3 is 2.44 bits per heavy atom. The molecule has 3 N–H and O–H groups in total. The Labute approximate surface area is 93.5 Å². The SMILES string of the molecule is CN(c1cc(F)cc(F)c1N)C(C)(C)CO. The standard InChI is InChI=1S/C11H16F2N2O/c1-11(2,6-16)15(3)9-5-7(12)4-8(13)10(9)14/h4-5,16H,6,14H2,1-3H3. The van der Waals surface area contributed by atoms with Gasteiger partial charge in [-0.3, -0.25) is 0 Å². The van der Waals surface area contributed by atoms with E-state index in [1.54, 1.807) is 25.8 Å². The third-order valence-electron chi connectivity index (χ3n) is 2.73. The molecule has 0 saturated carbocycles. The average molecular weight is 230 g/mol. The van der Waals surface area contributed by atoms with Crippen LogP contribution in [0, 0.1) is 11.6 Å². The van der Waals surface area contributed by atoms with Gasteiger partial charge in [0.05, 0.1) is 23.5 Å². The summed E-state index contributed by atoms with van der Waals surface area (Å²) < 4.78 is 26.3. The van der Waals surface area contributed by atoms with Crippen LogP contribution < -0.4 is 10.6 Å². The monoisotopic (exact) mass is 230 g/mol. The van der Waals surface area contributed by atoms with Crippen molar-refractivity contribution >= 4 is 11.4 Å². The lowest BCUT2D eigenvalue weighted by atomic mass is 10.0. The molecule has 0 atom stereocenters. The molecule has 5 heteroatoms. The summed E-state index contributed by atoms with van der Waals surface area (Å²) in [6, 6.07) is 1.88. The van der Waals surface area contributed by atoms with Crippen molar-refractivity contribution in [1.29, 1.82) is 0 Å². The molecule has 0 bridgehead atoms. The van der Waals surface area contributed by atoms with Crippen LogP contribution in [0.4, 0.5) is 20.2 Å². The van der Waals surface area contributed by atoms with Crippen molar-refractivity contribution in [2.45, 2.75) is 19.4 Å². The van der Waals surface area contributed by atoms with Crippen molar-refractivity contribution in [3.63, 3.8) is 0 Å². The number of hydrogen-bond acceptors (Lipinski definition) is 3. The van der Waals surface area contributed by atoms with Crippen LogP contribution in [0.25, 0.3) is 0 Å². The molecule has 3 nitrogen and oxygen atoms in total. The first-order valence-electron chi connectivity index (χ1n) is 4.89. The number of benzene rings is 1. The molecule has 0 aromatic heterocycles. The number of nitrogen functional groups attached to an aromatic ring is 1. The number of hydrogen-bond donors (Lipinski definition) is 2. The van der Waals surface area contributed by atoms with Crippen LogP contribution in [0.1, 0.15) is 13.8 Å². The van der Waals surface area contributed by atoms with Gasteiger partial charge in [-0.2, -0.15) is 0 Å². The first-order chi connectivity index (χ1) is 7.29. The molecule has 90 valence electrons. The van der Waals surface area contributed by atoms with E-state index in [1.807, 2.05) is 0 Å². The van der Waals surface area contributed by atoms with E-state index in [4.69, 9.17) is 5.73 Å². The number of rotatable bonds is 3. The molecule has 0 aliphatic heterocycles. The normalized spacial score (nSPS) is 11.6. The minimum Gasteiger partial charge on any atom is -0.395 e. The van der Waals surface area contributed by atoms with E-state index in [9.17, 15) is 13.9 Å². The number of nitrogens with two attached hydrogens (primary N) is 1. The first kappa shape index (κ1) is 12.7. The molecule has 16 heavy (non-hydrogen) atoms. The van der Waals surface area contributed by atoms with Gasteiger partial charge in [0.2, 0.25) is 0 Å². The third-order valence-corrected chi connectivity index (χ3v) is 2.73. The molecule has 0 unspecified atom stereocenters. The number of aliphatic hydroxyl groups is 1. The van der Waals surface area contributed by atoms with E-state index in [2.05, 4.69) is 0 Å². The van der Waals surface area contributed by atoms with Crippen molar-refractivity contribution in [2.75, 3.05) is 24.3 Å². The van der Waals surface area contributed by atoms with Gasteiger partial charge in [0.25, 0.3) is 0 Å². The average Bonchev–Trinajstić information content (AvgIpc) is 2.22. The fourth-order valence-electron chi connectivity index (χ4n) is 1.28. The predicted octanol–water partition coefficient (Wildman–Crippen LogP) is 1.75. The van der Waals surface area contributed by atoms with E-state index in [0.717, 1.165) is 12.1 Å². The zero-order chi connectivity index (χ0) is 12.5. The molecule has 0 saturated heterocycles. The summed E-state index contributed by atoms with van der Waals surface area (Å²) in [5, 5.41) is 9.19. The van der Waals surface area contributed by atoms with Gasteiger partial charge >= 0.3 is 0 Å². The Morgan fingerprint density at radius 1 is 1.38 bits per heavy atom. The highest BCUT2D eigenvalue weighted by Gasteiger charge is 2.25. The highest BCUT2D eigenvalue weighted by atomic mass is 19.1. The fourth-order valence-corrected chi connectivity index (χ4v) is 1.28. The maximum absolute atomic E-state index is 13.2. The Morgan fingerprint density at radius 2 is 1.94 bits per heavy atom. The highest BCUT2D eigenvalue weighted by molar-refractivity contribution is 5.69. The highest BCUT2D eigenvalue weighted by Crippen LogP contribution is 2.30. The van der Waals surface area contributed by atoms with Crippen LogP contribution >= 0.6 is 0 Å². The number of aliphatic hydroxyl groups excluding tert-OH is 1. The summed E-state index contributed by atoms with van der Waals surface area (Å²) in [6.07, 6.45) is 0. The number of likely N-dealkylation sites (N-methyl/N-ethyl adjacent to an activating group) is 1. The van der Waals surface area contributed by atoms with Crippen molar-refractivity contribution in [3.05, 3.63) is 23.8 Å². The first-order valence-corrected chi connectivity index (χ1v) is 4.89.